The first-order chi connectivity index (χ1) is 8.69. The first-order valence-corrected chi connectivity index (χ1v) is 6.73. The number of benzene rings is 1. The van der Waals surface area contributed by atoms with Crippen molar-refractivity contribution >= 4 is 11.6 Å². The van der Waals surface area contributed by atoms with Crippen molar-refractivity contribution in [1.29, 1.82) is 0 Å². The summed E-state index contributed by atoms with van der Waals surface area (Å²) < 4.78 is 0. The maximum absolute atomic E-state index is 12.2. The molecule has 0 aliphatic heterocycles. The van der Waals surface area contributed by atoms with Gasteiger partial charge in [-0.15, -0.1) is 0 Å². The lowest BCUT2D eigenvalue weighted by Gasteiger charge is -2.23. The number of nitrogens with zero attached hydrogens (tertiary/aromatic N) is 2. The number of hydrogen-bond acceptors (Lipinski definition) is 2. The molecule has 0 bridgehead atoms. The highest BCUT2D eigenvalue weighted by Crippen LogP contribution is 2.11. The van der Waals surface area contributed by atoms with Gasteiger partial charge in [-0.05, 0) is 31.6 Å². The molecule has 1 aromatic rings. The van der Waals surface area contributed by atoms with Gasteiger partial charge < -0.3 is 4.90 Å². The number of para-hydroxylation sites is 1. The normalized spacial score (nSPS) is 10.7. The van der Waals surface area contributed by atoms with Crippen molar-refractivity contribution < 1.29 is 4.79 Å². The lowest BCUT2D eigenvalue weighted by Crippen LogP contribution is -2.38. The van der Waals surface area contributed by atoms with E-state index in [2.05, 4.69) is 18.7 Å². The van der Waals surface area contributed by atoms with Gasteiger partial charge in [-0.1, -0.05) is 38.5 Å². The van der Waals surface area contributed by atoms with Crippen molar-refractivity contribution in [2.24, 2.45) is 0 Å². The molecule has 0 saturated heterocycles. The van der Waals surface area contributed by atoms with E-state index in [1.54, 1.807) is 4.90 Å². The van der Waals surface area contributed by atoms with Crippen LogP contribution in [-0.2, 0) is 4.79 Å². The Bertz CT molecular complexity index is 351. The lowest BCUT2D eigenvalue weighted by molar-refractivity contribution is -0.119. The van der Waals surface area contributed by atoms with E-state index >= 15 is 0 Å². The van der Waals surface area contributed by atoms with E-state index in [4.69, 9.17) is 0 Å². The molecule has 1 amide bonds. The Hall–Kier alpha value is -1.35. The van der Waals surface area contributed by atoms with Gasteiger partial charge in [-0.2, -0.15) is 0 Å². The minimum absolute atomic E-state index is 0.152. The summed E-state index contributed by atoms with van der Waals surface area (Å²) in [6, 6.07) is 9.78. The van der Waals surface area contributed by atoms with Crippen molar-refractivity contribution in [3.05, 3.63) is 30.3 Å². The van der Waals surface area contributed by atoms with Gasteiger partial charge in [0, 0.05) is 12.7 Å². The molecule has 18 heavy (non-hydrogen) atoms. The van der Waals surface area contributed by atoms with Crippen molar-refractivity contribution in [2.75, 3.05) is 31.6 Å². The molecule has 0 fully saturated rings. The van der Waals surface area contributed by atoms with Crippen LogP contribution in [0.15, 0.2) is 30.3 Å². The predicted octanol–water partition coefficient (Wildman–Crippen LogP) is 2.77. The van der Waals surface area contributed by atoms with Crippen LogP contribution in [0, 0.1) is 0 Å². The summed E-state index contributed by atoms with van der Waals surface area (Å²) in [4.78, 5) is 16.1. The van der Waals surface area contributed by atoms with Crippen LogP contribution in [0.4, 0.5) is 5.69 Å². The van der Waals surface area contributed by atoms with E-state index in [9.17, 15) is 4.79 Å². The predicted molar refractivity (Wildman–Crippen MR) is 76.9 cm³/mol. The summed E-state index contributed by atoms with van der Waals surface area (Å²) in [6.45, 7) is 6.70. The van der Waals surface area contributed by atoms with Crippen molar-refractivity contribution in [3.8, 4) is 0 Å². The van der Waals surface area contributed by atoms with Gasteiger partial charge >= 0.3 is 0 Å². The maximum Gasteiger partial charge on any atom is 0.240 e. The average Bonchev–Trinajstić information content (AvgIpc) is 2.43. The maximum atomic E-state index is 12.2. The highest BCUT2D eigenvalue weighted by atomic mass is 16.2. The summed E-state index contributed by atoms with van der Waals surface area (Å²) in [5.74, 6) is 0.152. The van der Waals surface area contributed by atoms with Gasteiger partial charge in [-0.3, -0.25) is 9.69 Å². The summed E-state index contributed by atoms with van der Waals surface area (Å²) in [6.07, 6.45) is 2.31. The van der Waals surface area contributed by atoms with Crippen LogP contribution in [0.1, 0.15) is 26.7 Å². The third-order valence-electron chi connectivity index (χ3n) is 3.15. The Balaban J connectivity index is 2.53. The van der Waals surface area contributed by atoms with E-state index in [-0.39, 0.29) is 5.91 Å². The van der Waals surface area contributed by atoms with Crippen LogP contribution >= 0.6 is 0 Å². The smallest absolute Gasteiger partial charge is 0.240 e. The third-order valence-corrected chi connectivity index (χ3v) is 3.15. The second kappa shape index (κ2) is 7.88. The number of likely N-dealkylation sites (N-methyl/N-ethyl adjacent to an activating group) is 2. The molecule has 0 radical (unpaired) electrons. The van der Waals surface area contributed by atoms with Crippen LogP contribution in [-0.4, -0.2) is 37.5 Å². The van der Waals surface area contributed by atoms with Gasteiger partial charge in [0.15, 0.2) is 0 Å². The number of anilines is 1. The molecule has 0 aromatic heterocycles. The fourth-order valence-corrected chi connectivity index (χ4v) is 1.82. The number of carbonyl (C=O) groups excluding carboxylic acids is 1. The van der Waals surface area contributed by atoms with E-state index in [0.717, 1.165) is 25.2 Å². The van der Waals surface area contributed by atoms with Gasteiger partial charge in [-0.25, -0.2) is 0 Å². The number of hydrogen-bond donors (Lipinski definition) is 0. The van der Waals surface area contributed by atoms with E-state index in [1.807, 2.05) is 37.4 Å². The number of rotatable bonds is 7. The van der Waals surface area contributed by atoms with E-state index < -0.39 is 0 Å². The van der Waals surface area contributed by atoms with Crippen LogP contribution in [0.5, 0.6) is 0 Å². The van der Waals surface area contributed by atoms with E-state index in [0.29, 0.717) is 6.54 Å². The molecule has 1 rings (SSSR count). The van der Waals surface area contributed by atoms with E-state index in [1.165, 1.54) is 6.42 Å². The Morgan fingerprint density at radius 2 is 1.83 bits per heavy atom. The van der Waals surface area contributed by atoms with Gasteiger partial charge in [0.25, 0.3) is 0 Å². The molecule has 0 heterocycles. The lowest BCUT2D eigenvalue weighted by atomic mass is 10.3. The number of unbranched alkanes of at least 4 members (excludes halogenated alkanes) is 1. The summed E-state index contributed by atoms with van der Waals surface area (Å²) in [5.41, 5.74) is 0.953. The molecule has 0 aliphatic rings. The molecule has 0 aliphatic carbocycles. The van der Waals surface area contributed by atoms with Gasteiger partial charge in [0.05, 0.1) is 6.54 Å². The second-order valence-corrected chi connectivity index (χ2v) is 4.51. The molecule has 0 N–H and O–H groups in total. The highest BCUT2D eigenvalue weighted by Gasteiger charge is 2.13. The van der Waals surface area contributed by atoms with Crippen LogP contribution in [0.25, 0.3) is 0 Å². The monoisotopic (exact) mass is 248 g/mol. The fraction of sp³-hybridized carbons (Fsp3) is 0.533. The molecular weight excluding hydrogens is 224 g/mol. The fourth-order valence-electron chi connectivity index (χ4n) is 1.82. The first kappa shape index (κ1) is 14.7. The van der Waals surface area contributed by atoms with Crippen LogP contribution < -0.4 is 4.90 Å². The molecule has 0 unspecified atom stereocenters. The standard InChI is InChI=1S/C15H24N2O/c1-4-6-12-17(5-2)13-15(18)16(3)14-10-8-7-9-11-14/h7-11H,4-6,12-13H2,1-3H3. The molecule has 0 atom stereocenters. The molecule has 0 spiro atoms. The summed E-state index contributed by atoms with van der Waals surface area (Å²) >= 11 is 0. The van der Waals surface area contributed by atoms with Crippen molar-refractivity contribution in [3.63, 3.8) is 0 Å². The minimum atomic E-state index is 0.152. The number of carbonyl (C=O) groups is 1. The SMILES string of the molecule is CCCCN(CC)CC(=O)N(C)c1ccccc1. The molecule has 0 saturated carbocycles. The topological polar surface area (TPSA) is 23.6 Å². The largest absolute Gasteiger partial charge is 0.314 e. The highest BCUT2D eigenvalue weighted by molar-refractivity contribution is 5.94. The van der Waals surface area contributed by atoms with Gasteiger partial charge in [0.2, 0.25) is 5.91 Å². The third kappa shape index (κ3) is 4.49. The number of amides is 1. The Morgan fingerprint density at radius 3 is 2.39 bits per heavy atom. The second-order valence-electron chi connectivity index (χ2n) is 4.51. The first-order valence-electron chi connectivity index (χ1n) is 6.73. The summed E-state index contributed by atoms with van der Waals surface area (Å²) in [7, 11) is 1.84. The Labute approximate surface area is 110 Å². The Kier molecular flexibility index (Phi) is 6.44. The zero-order valence-electron chi connectivity index (χ0n) is 11.7. The quantitative estimate of drug-likeness (QED) is 0.741. The average molecular weight is 248 g/mol. The molecular formula is C15H24N2O. The zero-order valence-corrected chi connectivity index (χ0v) is 11.7. The van der Waals surface area contributed by atoms with Crippen LogP contribution in [0.3, 0.4) is 0 Å². The van der Waals surface area contributed by atoms with Crippen molar-refractivity contribution in [1.82, 2.24) is 4.90 Å². The molecule has 100 valence electrons. The minimum Gasteiger partial charge on any atom is -0.314 e. The van der Waals surface area contributed by atoms with Crippen LogP contribution in [0.2, 0.25) is 0 Å². The Morgan fingerprint density at radius 1 is 1.17 bits per heavy atom. The molecule has 3 nitrogen and oxygen atoms in total. The molecule has 3 heteroatoms. The molecule has 1 aromatic carbocycles. The summed E-state index contributed by atoms with van der Waals surface area (Å²) in [5, 5.41) is 0. The van der Waals surface area contributed by atoms with Gasteiger partial charge in [0.1, 0.15) is 0 Å². The zero-order chi connectivity index (χ0) is 13.4. The van der Waals surface area contributed by atoms with Crippen molar-refractivity contribution in [2.45, 2.75) is 26.7 Å².